The molecule has 4 rings (SSSR count). The number of hydrogen-bond donors (Lipinski definition) is 0. The summed E-state index contributed by atoms with van der Waals surface area (Å²) in [5.74, 6) is 0.836. The van der Waals surface area contributed by atoms with Gasteiger partial charge in [0.1, 0.15) is 17.7 Å². The summed E-state index contributed by atoms with van der Waals surface area (Å²) in [7, 11) is 5.11. The summed E-state index contributed by atoms with van der Waals surface area (Å²) in [5.41, 5.74) is -0.204. The molecular formula is C21H24N6O4. The molecule has 10 nitrogen and oxygen atoms in total. The summed E-state index contributed by atoms with van der Waals surface area (Å²) in [5, 5.41) is 0.186. The maximum Gasteiger partial charge on any atom is 0.332 e. The van der Waals surface area contributed by atoms with E-state index < -0.39 is 11.2 Å². The van der Waals surface area contributed by atoms with E-state index in [-0.39, 0.29) is 23.5 Å². The summed E-state index contributed by atoms with van der Waals surface area (Å²) >= 11 is 0. The molecule has 0 aliphatic carbocycles. The Bertz CT molecular complexity index is 1240. The van der Waals surface area contributed by atoms with E-state index >= 15 is 0 Å². The third-order valence-corrected chi connectivity index (χ3v) is 5.58. The van der Waals surface area contributed by atoms with Crippen molar-refractivity contribution in [3.8, 4) is 17.1 Å². The molecule has 0 unspecified atom stereocenters. The fourth-order valence-corrected chi connectivity index (χ4v) is 3.59. The number of rotatable bonds is 4. The predicted molar refractivity (Wildman–Crippen MR) is 115 cm³/mol. The summed E-state index contributed by atoms with van der Waals surface area (Å²) in [6.45, 7) is 2.38. The lowest BCUT2D eigenvalue weighted by molar-refractivity contribution is -0.133. The third-order valence-electron chi connectivity index (χ3n) is 5.58. The molecule has 0 bridgehead atoms. The number of carbonyl (C=O) groups is 1. The second kappa shape index (κ2) is 8.31. The van der Waals surface area contributed by atoms with Gasteiger partial charge in [-0.15, -0.1) is 0 Å². The first-order valence-corrected chi connectivity index (χ1v) is 9.96. The third kappa shape index (κ3) is 3.93. The molecule has 3 aromatic rings. The molecule has 2 aromatic heterocycles. The maximum atomic E-state index is 13.0. The van der Waals surface area contributed by atoms with E-state index in [9.17, 15) is 14.4 Å². The fourth-order valence-electron chi connectivity index (χ4n) is 3.59. The fraction of sp³-hybridized carbons (Fsp3) is 0.381. The normalized spacial score (nSPS) is 14.7. The standard InChI is InChI=1S/C21H24N6O4/c1-24-8-10-26(11-9-24)17(28)13-27-20(29)16-12-22-18(23-19(16)25(2)21(27)30)14-4-6-15(31-3)7-5-14/h4-7,12H,8-11,13H2,1-3H3. The van der Waals surface area contributed by atoms with E-state index in [0.29, 0.717) is 24.7 Å². The van der Waals surface area contributed by atoms with Crippen molar-refractivity contribution in [3.05, 3.63) is 51.3 Å². The molecule has 3 heterocycles. The van der Waals surface area contributed by atoms with Crippen molar-refractivity contribution < 1.29 is 9.53 Å². The zero-order valence-corrected chi connectivity index (χ0v) is 17.7. The Labute approximate surface area is 178 Å². The second-order valence-corrected chi connectivity index (χ2v) is 7.58. The number of aromatic nitrogens is 4. The number of carbonyl (C=O) groups excluding carboxylic acids is 1. The predicted octanol–water partition coefficient (Wildman–Crippen LogP) is -0.0602. The SMILES string of the molecule is COc1ccc(-c2ncc3c(=O)n(CC(=O)N4CCN(C)CC4)c(=O)n(C)c3n2)cc1. The Kier molecular flexibility index (Phi) is 5.55. The highest BCUT2D eigenvalue weighted by Crippen LogP contribution is 2.20. The van der Waals surface area contributed by atoms with Crippen molar-refractivity contribution >= 4 is 16.9 Å². The lowest BCUT2D eigenvalue weighted by atomic mass is 10.2. The van der Waals surface area contributed by atoms with Gasteiger partial charge >= 0.3 is 5.69 Å². The molecule has 31 heavy (non-hydrogen) atoms. The van der Waals surface area contributed by atoms with E-state index in [4.69, 9.17) is 4.74 Å². The molecule has 1 amide bonds. The zero-order valence-electron chi connectivity index (χ0n) is 17.7. The first kappa shape index (κ1) is 20.7. The number of ether oxygens (including phenoxy) is 1. The summed E-state index contributed by atoms with van der Waals surface area (Å²) in [6.07, 6.45) is 1.40. The van der Waals surface area contributed by atoms with Crippen molar-refractivity contribution in [2.45, 2.75) is 6.54 Å². The van der Waals surface area contributed by atoms with Crippen molar-refractivity contribution in [2.75, 3.05) is 40.3 Å². The number of amides is 1. The van der Waals surface area contributed by atoms with Gasteiger partial charge in [0.15, 0.2) is 11.5 Å². The molecule has 0 radical (unpaired) electrons. The van der Waals surface area contributed by atoms with Crippen LogP contribution in [0.4, 0.5) is 0 Å². The van der Waals surface area contributed by atoms with Crippen LogP contribution in [0, 0.1) is 0 Å². The van der Waals surface area contributed by atoms with Gasteiger partial charge in [-0.2, -0.15) is 0 Å². The van der Waals surface area contributed by atoms with Crippen LogP contribution in [0.15, 0.2) is 40.1 Å². The van der Waals surface area contributed by atoms with Crippen LogP contribution in [0.3, 0.4) is 0 Å². The van der Waals surface area contributed by atoms with E-state index in [1.165, 1.54) is 17.8 Å². The smallest absolute Gasteiger partial charge is 0.332 e. The van der Waals surface area contributed by atoms with Gasteiger partial charge < -0.3 is 14.5 Å². The first-order chi connectivity index (χ1) is 14.9. The highest BCUT2D eigenvalue weighted by Gasteiger charge is 2.22. The van der Waals surface area contributed by atoms with Gasteiger partial charge in [-0.3, -0.25) is 18.7 Å². The van der Waals surface area contributed by atoms with Gasteiger partial charge in [0, 0.05) is 45.0 Å². The van der Waals surface area contributed by atoms with Crippen LogP contribution < -0.4 is 16.0 Å². The molecule has 0 spiro atoms. The zero-order chi connectivity index (χ0) is 22.1. The Morgan fingerprint density at radius 3 is 2.39 bits per heavy atom. The average molecular weight is 424 g/mol. The quantitative estimate of drug-likeness (QED) is 0.578. The van der Waals surface area contributed by atoms with E-state index in [2.05, 4.69) is 14.9 Å². The van der Waals surface area contributed by atoms with Crippen LogP contribution in [0.25, 0.3) is 22.4 Å². The number of piperazine rings is 1. The number of hydrogen-bond acceptors (Lipinski definition) is 7. The van der Waals surface area contributed by atoms with Gasteiger partial charge in [-0.1, -0.05) is 0 Å². The minimum absolute atomic E-state index is 0.186. The molecule has 1 fully saturated rings. The van der Waals surface area contributed by atoms with Crippen LogP contribution in [0.1, 0.15) is 0 Å². The molecule has 1 saturated heterocycles. The molecular weight excluding hydrogens is 400 g/mol. The molecule has 10 heteroatoms. The summed E-state index contributed by atoms with van der Waals surface area (Å²) < 4.78 is 7.39. The Balaban J connectivity index is 1.70. The van der Waals surface area contributed by atoms with Crippen LogP contribution in [0.5, 0.6) is 5.75 Å². The first-order valence-electron chi connectivity index (χ1n) is 9.96. The van der Waals surface area contributed by atoms with Crippen molar-refractivity contribution in [1.29, 1.82) is 0 Å². The van der Waals surface area contributed by atoms with E-state index in [1.807, 2.05) is 7.05 Å². The lowest BCUT2D eigenvalue weighted by Gasteiger charge is -2.32. The van der Waals surface area contributed by atoms with Gasteiger partial charge in [-0.25, -0.2) is 14.8 Å². The minimum atomic E-state index is -0.584. The van der Waals surface area contributed by atoms with Crippen molar-refractivity contribution in [3.63, 3.8) is 0 Å². The van der Waals surface area contributed by atoms with E-state index in [0.717, 1.165) is 23.2 Å². The highest BCUT2D eigenvalue weighted by molar-refractivity contribution is 5.78. The highest BCUT2D eigenvalue weighted by atomic mass is 16.5. The maximum absolute atomic E-state index is 13.0. The molecule has 1 aromatic carbocycles. The van der Waals surface area contributed by atoms with Crippen LogP contribution in [-0.2, 0) is 18.4 Å². The molecule has 162 valence electrons. The largest absolute Gasteiger partial charge is 0.497 e. The molecule has 1 aliphatic heterocycles. The van der Waals surface area contributed by atoms with Crippen LogP contribution in [-0.4, -0.2) is 75.1 Å². The van der Waals surface area contributed by atoms with Crippen molar-refractivity contribution in [2.24, 2.45) is 7.05 Å². The van der Waals surface area contributed by atoms with Gasteiger partial charge in [0.2, 0.25) is 5.91 Å². The molecule has 0 atom stereocenters. The second-order valence-electron chi connectivity index (χ2n) is 7.58. The Morgan fingerprint density at radius 2 is 1.74 bits per heavy atom. The van der Waals surface area contributed by atoms with E-state index in [1.54, 1.807) is 36.3 Å². The van der Waals surface area contributed by atoms with Crippen LogP contribution >= 0.6 is 0 Å². The molecule has 1 aliphatic rings. The number of nitrogens with zero attached hydrogens (tertiary/aromatic N) is 6. The Hall–Kier alpha value is -3.53. The number of aryl methyl sites for hydroxylation is 1. The summed E-state index contributed by atoms with van der Waals surface area (Å²) in [6, 6.07) is 7.16. The van der Waals surface area contributed by atoms with Gasteiger partial charge in [0.05, 0.1) is 7.11 Å². The van der Waals surface area contributed by atoms with Crippen LogP contribution in [0.2, 0.25) is 0 Å². The number of fused-ring (bicyclic) bond motifs is 1. The minimum Gasteiger partial charge on any atom is -0.497 e. The molecule has 0 saturated carbocycles. The average Bonchev–Trinajstić information content (AvgIpc) is 2.80. The number of methoxy groups -OCH3 is 1. The monoisotopic (exact) mass is 424 g/mol. The van der Waals surface area contributed by atoms with Crippen molar-refractivity contribution in [1.82, 2.24) is 28.9 Å². The molecule has 0 N–H and O–H groups in total. The van der Waals surface area contributed by atoms with Gasteiger partial charge in [0.25, 0.3) is 5.56 Å². The number of benzene rings is 1. The topological polar surface area (TPSA) is 103 Å². The Morgan fingerprint density at radius 1 is 1.06 bits per heavy atom. The number of likely N-dealkylation sites (N-methyl/N-ethyl adjacent to an activating group) is 1. The van der Waals surface area contributed by atoms with Gasteiger partial charge in [-0.05, 0) is 31.3 Å². The lowest BCUT2D eigenvalue weighted by Crippen LogP contribution is -2.50. The summed E-state index contributed by atoms with van der Waals surface area (Å²) in [4.78, 5) is 51.1.